The molecular formula is C19H28FNO3. The van der Waals surface area contributed by atoms with Crippen molar-refractivity contribution in [2.24, 2.45) is 5.92 Å². The van der Waals surface area contributed by atoms with Crippen molar-refractivity contribution in [3.8, 4) is 5.75 Å². The molecule has 0 N–H and O–H groups in total. The van der Waals surface area contributed by atoms with Gasteiger partial charge in [0.2, 0.25) is 0 Å². The number of nitrogens with zero attached hydrogens (tertiary/aromatic N) is 1. The van der Waals surface area contributed by atoms with Gasteiger partial charge in [0, 0.05) is 45.5 Å². The molecule has 134 valence electrons. The average Bonchev–Trinajstić information content (AvgIpc) is 2.63. The molecule has 0 saturated carbocycles. The summed E-state index contributed by atoms with van der Waals surface area (Å²) in [6.07, 6.45) is 4.02. The Morgan fingerprint density at radius 2 is 1.92 bits per heavy atom. The second-order valence-electron chi connectivity index (χ2n) is 6.90. The minimum absolute atomic E-state index is 0.244. The fraction of sp³-hybridized carbons (Fsp3) is 0.684. The van der Waals surface area contributed by atoms with Crippen molar-refractivity contribution >= 4 is 0 Å². The molecule has 0 bridgehead atoms. The Bertz CT molecular complexity index is 537. The summed E-state index contributed by atoms with van der Waals surface area (Å²) in [6, 6.07) is 4.70. The molecule has 0 unspecified atom stereocenters. The molecule has 3 rings (SSSR count). The summed E-state index contributed by atoms with van der Waals surface area (Å²) in [5.41, 5.74) is 0.373. The van der Waals surface area contributed by atoms with Gasteiger partial charge in [-0.25, -0.2) is 4.39 Å². The molecule has 0 aromatic heterocycles. The summed E-state index contributed by atoms with van der Waals surface area (Å²) in [5.74, 6) is 1.19. The fourth-order valence-electron chi connectivity index (χ4n) is 4.01. The molecule has 1 aromatic rings. The van der Waals surface area contributed by atoms with Gasteiger partial charge < -0.3 is 19.1 Å². The largest absolute Gasteiger partial charge is 0.496 e. The van der Waals surface area contributed by atoms with Crippen molar-refractivity contribution in [3.63, 3.8) is 0 Å². The Labute approximate surface area is 143 Å². The van der Waals surface area contributed by atoms with Crippen LogP contribution in [0.4, 0.5) is 4.39 Å². The molecular weight excluding hydrogens is 309 g/mol. The first-order chi connectivity index (χ1) is 11.7. The van der Waals surface area contributed by atoms with Crippen LogP contribution in [-0.4, -0.2) is 52.0 Å². The van der Waals surface area contributed by atoms with Gasteiger partial charge in [-0.3, -0.25) is 0 Å². The molecule has 5 heteroatoms. The molecule has 2 aliphatic rings. The first-order valence-electron chi connectivity index (χ1n) is 8.86. The quantitative estimate of drug-likeness (QED) is 0.826. The third kappa shape index (κ3) is 3.73. The van der Waals surface area contributed by atoms with Crippen molar-refractivity contribution in [2.75, 3.05) is 47.1 Å². The zero-order valence-electron chi connectivity index (χ0n) is 14.7. The van der Waals surface area contributed by atoms with E-state index < -0.39 is 5.60 Å². The summed E-state index contributed by atoms with van der Waals surface area (Å²) >= 11 is 0. The molecule has 2 aliphatic heterocycles. The summed E-state index contributed by atoms with van der Waals surface area (Å²) in [4.78, 5) is 2.51. The standard InChI is InChI=1S/C19H28FNO3/c1-22-18-4-3-16(20)13-17(18)19(23-2)7-9-21(10-8-19)14-15-5-11-24-12-6-15/h3-4,13,15H,5-12,14H2,1-2H3. The van der Waals surface area contributed by atoms with E-state index in [0.29, 0.717) is 5.75 Å². The smallest absolute Gasteiger partial charge is 0.125 e. The molecule has 4 nitrogen and oxygen atoms in total. The van der Waals surface area contributed by atoms with Gasteiger partial charge in [-0.05, 0) is 49.8 Å². The van der Waals surface area contributed by atoms with Crippen LogP contribution in [0.2, 0.25) is 0 Å². The van der Waals surface area contributed by atoms with Crippen molar-refractivity contribution < 1.29 is 18.6 Å². The Morgan fingerprint density at radius 3 is 2.54 bits per heavy atom. The maximum absolute atomic E-state index is 13.8. The normalized spacial score (nSPS) is 22.5. The minimum Gasteiger partial charge on any atom is -0.496 e. The Kier molecular flexibility index (Phi) is 5.74. The van der Waals surface area contributed by atoms with E-state index in [0.717, 1.165) is 70.0 Å². The molecule has 24 heavy (non-hydrogen) atoms. The van der Waals surface area contributed by atoms with Crippen molar-refractivity contribution in [1.29, 1.82) is 0 Å². The SMILES string of the molecule is COc1ccc(F)cc1C1(OC)CCN(CC2CCOCC2)CC1. The fourth-order valence-corrected chi connectivity index (χ4v) is 4.01. The number of hydrogen-bond acceptors (Lipinski definition) is 4. The number of ether oxygens (including phenoxy) is 3. The van der Waals surface area contributed by atoms with Crippen LogP contribution >= 0.6 is 0 Å². The highest BCUT2D eigenvalue weighted by molar-refractivity contribution is 5.39. The van der Waals surface area contributed by atoms with Gasteiger partial charge in [-0.15, -0.1) is 0 Å². The van der Waals surface area contributed by atoms with Crippen LogP contribution in [0.15, 0.2) is 18.2 Å². The van der Waals surface area contributed by atoms with Gasteiger partial charge in [-0.2, -0.15) is 0 Å². The van der Waals surface area contributed by atoms with E-state index >= 15 is 0 Å². The third-order valence-corrected chi connectivity index (χ3v) is 5.56. The van der Waals surface area contributed by atoms with E-state index in [-0.39, 0.29) is 5.82 Å². The van der Waals surface area contributed by atoms with Crippen LogP contribution in [-0.2, 0) is 15.1 Å². The summed E-state index contributed by atoms with van der Waals surface area (Å²) in [6.45, 7) is 4.83. The van der Waals surface area contributed by atoms with Crippen LogP contribution in [0.3, 0.4) is 0 Å². The number of halogens is 1. The van der Waals surface area contributed by atoms with Gasteiger partial charge in [0.15, 0.2) is 0 Å². The maximum Gasteiger partial charge on any atom is 0.125 e. The third-order valence-electron chi connectivity index (χ3n) is 5.56. The molecule has 1 aromatic carbocycles. The molecule has 2 saturated heterocycles. The maximum atomic E-state index is 13.8. The van der Waals surface area contributed by atoms with Crippen LogP contribution < -0.4 is 4.74 Å². The number of benzene rings is 1. The lowest BCUT2D eigenvalue weighted by Gasteiger charge is -2.42. The molecule has 2 heterocycles. The molecule has 0 radical (unpaired) electrons. The van der Waals surface area contributed by atoms with E-state index in [1.807, 2.05) is 0 Å². The number of methoxy groups -OCH3 is 2. The van der Waals surface area contributed by atoms with E-state index in [1.165, 1.54) is 6.07 Å². The zero-order valence-corrected chi connectivity index (χ0v) is 14.7. The second kappa shape index (κ2) is 7.81. The summed E-state index contributed by atoms with van der Waals surface area (Å²) in [7, 11) is 3.35. The lowest BCUT2D eigenvalue weighted by atomic mass is 9.83. The topological polar surface area (TPSA) is 30.9 Å². The highest BCUT2D eigenvalue weighted by atomic mass is 19.1. The number of piperidine rings is 1. The Hall–Kier alpha value is -1.17. The van der Waals surface area contributed by atoms with Crippen LogP contribution in [0, 0.1) is 11.7 Å². The van der Waals surface area contributed by atoms with Gasteiger partial charge in [0.1, 0.15) is 11.6 Å². The van der Waals surface area contributed by atoms with Crippen LogP contribution in [0.1, 0.15) is 31.2 Å². The average molecular weight is 337 g/mol. The first kappa shape index (κ1) is 17.6. The van der Waals surface area contributed by atoms with E-state index in [9.17, 15) is 4.39 Å². The first-order valence-corrected chi connectivity index (χ1v) is 8.86. The van der Waals surface area contributed by atoms with Gasteiger partial charge in [0.05, 0.1) is 12.7 Å². The summed E-state index contributed by atoms with van der Waals surface area (Å²) < 4.78 is 30.6. The number of rotatable bonds is 5. The van der Waals surface area contributed by atoms with E-state index in [1.54, 1.807) is 26.4 Å². The lowest BCUT2D eigenvalue weighted by Crippen LogP contribution is -2.45. The minimum atomic E-state index is -0.459. The van der Waals surface area contributed by atoms with Gasteiger partial charge in [-0.1, -0.05) is 0 Å². The van der Waals surface area contributed by atoms with Crippen molar-refractivity contribution in [1.82, 2.24) is 4.90 Å². The van der Waals surface area contributed by atoms with Crippen LogP contribution in [0.25, 0.3) is 0 Å². The number of hydrogen-bond donors (Lipinski definition) is 0. The van der Waals surface area contributed by atoms with Gasteiger partial charge >= 0.3 is 0 Å². The predicted octanol–water partition coefficient (Wildman–Crippen LogP) is 3.20. The van der Waals surface area contributed by atoms with Crippen molar-refractivity contribution in [2.45, 2.75) is 31.3 Å². The molecule has 0 amide bonds. The second-order valence-corrected chi connectivity index (χ2v) is 6.90. The molecule has 0 aliphatic carbocycles. The Morgan fingerprint density at radius 1 is 1.21 bits per heavy atom. The Balaban J connectivity index is 1.68. The highest BCUT2D eigenvalue weighted by Gasteiger charge is 2.39. The lowest BCUT2D eigenvalue weighted by molar-refractivity contribution is -0.0679. The van der Waals surface area contributed by atoms with Crippen LogP contribution in [0.5, 0.6) is 5.75 Å². The van der Waals surface area contributed by atoms with E-state index in [2.05, 4.69) is 4.90 Å². The monoisotopic (exact) mass is 337 g/mol. The van der Waals surface area contributed by atoms with E-state index in [4.69, 9.17) is 14.2 Å². The molecule has 0 atom stereocenters. The highest BCUT2D eigenvalue weighted by Crippen LogP contribution is 2.41. The zero-order chi connectivity index (χ0) is 17.0. The van der Waals surface area contributed by atoms with Crippen molar-refractivity contribution in [3.05, 3.63) is 29.6 Å². The summed E-state index contributed by atoms with van der Waals surface area (Å²) in [5, 5.41) is 0. The molecule has 2 fully saturated rings. The van der Waals surface area contributed by atoms with Gasteiger partial charge in [0.25, 0.3) is 0 Å². The predicted molar refractivity (Wildman–Crippen MR) is 90.9 cm³/mol. The molecule has 0 spiro atoms. The number of likely N-dealkylation sites (tertiary alicyclic amines) is 1.